The van der Waals surface area contributed by atoms with Crippen LogP contribution in [-0.2, 0) is 6.54 Å². The van der Waals surface area contributed by atoms with Gasteiger partial charge in [0.15, 0.2) is 5.96 Å². The molecule has 1 aliphatic rings. The lowest BCUT2D eigenvalue weighted by Crippen LogP contribution is -2.38. The van der Waals surface area contributed by atoms with Crippen LogP contribution in [0.4, 0.5) is 5.69 Å². The van der Waals surface area contributed by atoms with E-state index in [0.717, 1.165) is 12.5 Å². The Kier molecular flexibility index (Phi) is 9.44. The average Bonchev–Trinajstić information content (AvgIpc) is 3.26. The number of hydrogen-bond acceptors (Lipinski definition) is 3. The van der Waals surface area contributed by atoms with Gasteiger partial charge in [-0.15, -0.1) is 35.7 Å². The van der Waals surface area contributed by atoms with Crippen LogP contribution in [0.15, 0.2) is 58.4 Å². The standard InChI is InChI=1S/C22H30N4S.HI/c1-17(19-7-6-8-20(15-19)26-13-4-5-14-26)25-22(23-2)24-16-18-9-11-21(27-3)12-10-18;/h6-12,15,17H,4-5,13-14,16H2,1-3H3,(H2,23,24,25);1H. The highest BCUT2D eigenvalue weighted by molar-refractivity contribution is 14.0. The lowest BCUT2D eigenvalue weighted by atomic mass is 10.1. The SMILES string of the molecule is CN=C(NCc1ccc(SC)cc1)NC(C)c1cccc(N2CCCC2)c1.I. The van der Waals surface area contributed by atoms with Gasteiger partial charge in [0, 0.05) is 37.3 Å². The molecule has 152 valence electrons. The fourth-order valence-corrected chi connectivity index (χ4v) is 3.79. The van der Waals surface area contributed by atoms with E-state index >= 15 is 0 Å². The van der Waals surface area contributed by atoms with Gasteiger partial charge in [-0.3, -0.25) is 4.99 Å². The molecule has 6 heteroatoms. The summed E-state index contributed by atoms with van der Waals surface area (Å²) in [5.74, 6) is 0.822. The van der Waals surface area contributed by atoms with Gasteiger partial charge in [0.2, 0.25) is 0 Å². The Labute approximate surface area is 190 Å². The molecule has 4 nitrogen and oxygen atoms in total. The van der Waals surface area contributed by atoms with E-state index in [1.807, 2.05) is 7.05 Å². The molecule has 0 amide bonds. The first kappa shape index (κ1) is 22.9. The lowest BCUT2D eigenvalue weighted by molar-refractivity contribution is 0.685. The first-order valence-electron chi connectivity index (χ1n) is 9.64. The molecule has 0 saturated carbocycles. The minimum Gasteiger partial charge on any atom is -0.372 e. The third-order valence-electron chi connectivity index (χ3n) is 5.04. The van der Waals surface area contributed by atoms with Gasteiger partial charge in [-0.2, -0.15) is 0 Å². The molecular formula is C22H31IN4S. The number of rotatable bonds is 6. The highest BCUT2D eigenvalue weighted by atomic mass is 127. The van der Waals surface area contributed by atoms with Gasteiger partial charge < -0.3 is 15.5 Å². The van der Waals surface area contributed by atoms with E-state index < -0.39 is 0 Å². The predicted molar refractivity (Wildman–Crippen MR) is 133 cm³/mol. The van der Waals surface area contributed by atoms with E-state index in [2.05, 4.69) is 82.2 Å². The summed E-state index contributed by atoms with van der Waals surface area (Å²) >= 11 is 1.76. The summed E-state index contributed by atoms with van der Waals surface area (Å²) in [6, 6.07) is 17.7. The third kappa shape index (κ3) is 6.30. The Morgan fingerprint density at radius 2 is 1.86 bits per heavy atom. The van der Waals surface area contributed by atoms with Gasteiger partial charge in [-0.25, -0.2) is 0 Å². The van der Waals surface area contributed by atoms with Crippen molar-refractivity contribution in [3.05, 3.63) is 59.7 Å². The third-order valence-corrected chi connectivity index (χ3v) is 5.78. The van der Waals surface area contributed by atoms with Gasteiger partial charge in [0.25, 0.3) is 0 Å². The van der Waals surface area contributed by atoms with Crippen LogP contribution in [-0.4, -0.2) is 32.4 Å². The Morgan fingerprint density at radius 1 is 1.14 bits per heavy atom. The van der Waals surface area contributed by atoms with Crippen molar-refractivity contribution >= 4 is 47.4 Å². The summed E-state index contributed by atoms with van der Waals surface area (Å²) in [5, 5.41) is 6.93. The number of hydrogen-bond donors (Lipinski definition) is 2. The maximum atomic E-state index is 4.38. The molecule has 1 fully saturated rings. The van der Waals surface area contributed by atoms with Crippen molar-refractivity contribution < 1.29 is 0 Å². The van der Waals surface area contributed by atoms with E-state index in [-0.39, 0.29) is 30.0 Å². The van der Waals surface area contributed by atoms with Crippen LogP contribution in [0, 0.1) is 0 Å². The van der Waals surface area contributed by atoms with Crippen LogP contribution in [0.5, 0.6) is 0 Å². The number of thioether (sulfide) groups is 1. The second kappa shape index (κ2) is 11.6. The van der Waals surface area contributed by atoms with E-state index in [1.165, 1.54) is 47.6 Å². The largest absolute Gasteiger partial charge is 0.372 e. The summed E-state index contributed by atoms with van der Waals surface area (Å²) in [4.78, 5) is 8.14. The lowest BCUT2D eigenvalue weighted by Gasteiger charge is -2.22. The molecule has 1 aliphatic heterocycles. The van der Waals surface area contributed by atoms with Gasteiger partial charge in [0.05, 0.1) is 6.04 Å². The quantitative estimate of drug-likeness (QED) is 0.247. The van der Waals surface area contributed by atoms with Crippen molar-refractivity contribution in [2.75, 3.05) is 31.3 Å². The van der Waals surface area contributed by atoms with Crippen LogP contribution >= 0.6 is 35.7 Å². The normalized spacial score (nSPS) is 15.1. The number of nitrogens with zero attached hydrogens (tertiary/aromatic N) is 2. The number of anilines is 1. The molecule has 1 unspecified atom stereocenters. The first-order valence-corrected chi connectivity index (χ1v) is 10.9. The maximum Gasteiger partial charge on any atom is 0.191 e. The Bertz CT molecular complexity index is 757. The average molecular weight is 510 g/mol. The van der Waals surface area contributed by atoms with Crippen LogP contribution in [0.3, 0.4) is 0 Å². The zero-order chi connectivity index (χ0) is 19.1. The highest BCUT2D eigenvalue weighted by Crippen LogP contribution is 2.24. The zero-order valence-corrected chi connectivity index (χ0v) is 20.1. The molecule has 0 aromatic heterocycles. The fraction of sp³-hybridized carbons (Fsp3) is 0.409. The molecule has 1 saturated heterocycles. The molecule has 2 aromatic carbocycles. The molecule has 28 heavy (non-hydrogen) atoms. The molecule has 1 heterocycles. The summed E-state index contributed by atoms with van der Waals surface area (Å²) in [7, 11) is 1.82. The summed E-state index contributed by atoms with van der Waals surface area (Å²) in [6.07, 6.45) is 4.69. The van der Waals surface area contributed by atoms with Crippen LogP contribution in [0.1, 0.15) is 36.9 Å². The fourth-order valence-electron chi connectivity index (χ4n) is 3.38. The molecule has 2 N–H and O–H groups in total. The maximum absolute atomic E-state index is 4.38. The van der Waals surface area contributed by atoms with Gasteiger partial charge in [0.1, 0.15) is 0 Å². The van der Waals surface area contributed by atoms with Crippen molar-refractivity contribution in [1.29, 1.82) is 0 Å². The van der Waals surface area contributed by atoms with Crippen molar-refractivity contribution in [2.24, 2.45) is 4.99 Å². The van der Waals surface area contributed by atoms with E-state index in [1.54, 1.807) is 11.8 Å². The zero-order valence-electron chi connectivity index (χ0n) is 16.9. The predicted octanol–water partition coefficient (Wildman–Crippen LogP) is 5.05. The number of halogens is 1. The molecule has 0 spiro atoms. The molecule has 3 rings (SSSR count). The van der Waals surface area contributed by atoms with Crippen molar-refractivity contribution in [2.45, 2.75) is 37.2 Å². The summed E-state index contributed by atoms with van der Waals surface area (Å²) < 4.78 is 0. The van der Waals surface area contributed by atoms with E-state index in [9.17, 15) is 0 Å². The molecule has 0 radical (unpaired) electrons. The number of nitrogens with one attached hydrogen (secondary N) is 2. The van der Waals surface area contributed by atoms with Gasteiger partial charge in [-0.1, -0.05) is 24.3 Å². The Hall–Kier alpha value is -1.41. The van der Waals surface area contributed by atoms with Crippen molar-refractivity contribution in [1.82, 2.24) is 10.6 Å². The van der Waals surface area contributed by atoms with Crippen molar-refractivity contribution in [3.8, 4) is 0 Å². The molecular weight excluding hydrogens is 479 g/mol. The monoisotopic (exact) mass is 510 g/mol. The minimum absolute atomic E-state index is 0. The first-order chi connectivity index (χ1) is 13.2. The van der Waals surface area contributed by atoms with Crippen LogP contribution < -0.4 is 15.5 Å². The summed E-state index contributed by atoms with van der Waals surface area (Å²) in [6.45, 7) is 5.28. The van der Waals surface area contributed by atoms with Crippen molar-refractivity contribution in [3.63, 3.8) is 0 Å². The van der Waals surface area contributed by atoms with Gasteiger partial charge in [-0.05, 0) is 61.4 Å². The van der Waals surface area contributed by atoms with Crippen LogP contribution in [0.25, 0.3) is 0 Å². The Balaban J connectivity index is 0.00000280. The summed E-state index contributed by atoms with van der Waals surface area (Å²) in [5.41, 5.74) is 3.86. The molecule has 1 atom stereocenters. The van der Waals surface area contributed by atoms with E-state index in [0.29, 0.717) is 0 Å². The molecule has 0 bridgehead atoms. The van der Waals surface area contributed by atoms with Gasteiger partial charge >= 0.3 is 0 Å². The van der Waals surface area contributed by atoms with Crippen LogP contribution in [0.2, 0.25) is 0 Å². The van der Waals surface area contributed by atoms with E-state index in [4.69, 9.17) is 0 Å². The topological polar surface area (TPSA) is 39.7 Å². The number of aliphatic imine (C=N–C) groups is 1. The molecule has 2 aromatic rings. The highest BCUT2D eigenvalue weighted by Gasteiger charge is 2.14. The second-order valence-electron chi connectivity index (χ2n) is 6.93. The number of benzene rings is 2. The molecule has 0 aliphatic carbocycles. The minimum atomic E-state index is 0. The Morgan fingerprint density at radius 3 is 2.50 bits per heavy atom. The number of guanidine groups is 1. The second-order valence-corrected chi connectivity index (χ2v) is 7.81. The smallest absolute Gasteiger partial charge is 0.191 e.